The number of terminal acetylenes is 1. The van der Waals surface area contributed by atoms with Crippen LogP contribution >= 0.6 is 0 Å². The van der Waals surface area contributed by atoms with Crippen molar-refractivity contribution in [1.82, 2.24) is 0 Å². The molecule has 4 heteroatoms. The first-order chi connectivity index (χ1) is 8.07. The van der Waals surface area contributed by atoms with Gasteiger partial charge in [-0.05, 0) is 24.1 Å². The van der Waals surface area contributed by atoms with Crippen LogP contribution in [0.3, 0.4) is 0 Å². The molecule has 0 spiro atoms. The molecule has 0 aromatic heterocycles. The second-order valence-electron chi connectivity index (χ2n) is 3.65. The number of rotatable bonds is 6. The fraction of sp³-hybridized carbons (Fsp3) is 0.385. The van der Waals surface area contributed by atoms with Crippen molar-refractivity contribution in [3.05, 3.63) is 29.8 Å². The highest BCUT2D eigenvalue weighted by Gasteiger charge is 2.08. The minimum Gasteiger partial charge on any atom is -0.493 e. The van der Waals surface area contributed by atoms with Crippen molar-refractivity contribution >= 4 is 9.84 Å². The van der Waals surface area contributed by atoms with Crippen LogP contribution in [0.1, 0.15) is 12.5 Å². The summed E-state index contributed by atoms with van der Waals surface area (Å²) in [6.07, 6.45) is 5.89. The van der Waals surface area contributed by atoms with Crippen LogP contribution in [0.5, 0.6) is 5.75 Å². The third-order valence-electron chi connectivity index (χ3n) is 2.27. The molecule has 92 valence electrons. The van der Waals surface area contributed by atoms with Crippen molar-refractivity contribution in [3.8, 4) is 18.1 Å². The van der Waals surface area contributed by atoms with Crippen LogP contribution in [0.2, 0.25) is 0 Å². The molecular weight excluding hydrogens is 236 g/mol. The summed E-state index contributed by atoms with van der Waals surface area (Å²) >= 11 is 0. The lowest BCUT2D eigenvalue weighted by atomic mass is 10.2. The topological polar surface area (TPSA) is 43.4 Å². The number of aryl methyl sites for hydroxylation is 1. The van der Waals surface area contributed by atoms with Gasteiger partial charge >= 0.3 is 0 Å². The molecule has 1 aromatic rings. The fourth-order valence-electron chi connectivity index (χ4n) is 1.34. The van der Waals surface area contributed by atoms with E-state index in [1.54, 1.807) is 0 Å². The first-order valence-corrected chi connectivity index (χ1v) is 7.25. The summed E-state index contributed by atoms with van der Waals surface area (Å²) in [5.41, 5.74) is 1.16. The second kappa shape index (κ2) is 6.31. The molecule has 0 bridgehead atoms. The molecule has 0 saturated heterocycles. The third-order valence-corrected chi connectivity index (χ3v) is 3.67. The van der Waals surface area contributed by atoms with Gasteiger partial charge in [0.1, 0.15) is 18.1 Å². The summed E-state index contributed by atoms with van der Waals surface area (Å²) < 4.78 is 28.0. The molecular formula is C13H16O3S. The van der Waals surface area contributed by atoms with E-state index in [2.05, 4.69) is 12.8 Å². The molecule has 0 atom stereocenters. The van der Waals surface area contributed by atoms with Gasteiger partial charge in [0.25, 0.3) is 0 Å². The van der Waals surface area contributed by atoms with E-state index in [-0.39, 0.29) is 18.1 Å². The standard InChI is InChI=1S/C13H16O3S/c1-3-9-17(14,15)10-8-16-13-7-5-6-12(4-2)11-13/h1,5-7,11H,4,8-10H2,2H3. The molecule has 0 unspecified atom stereocenters. The van der Waals surface area contributed by atoms with Crippen molar-refractivity contribution < 1.29 is 13.2 Å². The van der Waals surface area contributed by atoms with Gasteiger partial charge in [-0.1, -0.05) is 25.0 Å². The molecule has 0 N–H and O–H groups in total. The Kier molecular flexibility index (Phi) is 5.05. The maximum absolute atomic E-state index is 11.3. The van der Waals surface area contributed by atoms with E-state index in [1.807, 2.05) is 24.3 Å². The first kappa shape index (κ1) is 13.6. The Hall–Kier alpha value is -1.47. The Morgan fingerprint density at radius 3 is 2.82 bits per heavy atom. The predicted molar refractivity (Wildman–Crippen MR) is 68.8 cm³/mol. The average Bonchev–Trinajstić information content (AvgIpc) is 2.29. The summed E-state index contributed by atoms with van der Waals surface area (Å²) in [5, 5.41) is 0. The molecule has 0 radical (unpaired) electrons. The monoisotopic (exact) mass is 252 g/mol. The second-order valence-corrected chi connectivity index (χ2v) is 5.83. The Bertz CT molecular complexity index is 498. The van der Waals surface area contributed by atoms with Crippen molar-refractivity contribution in [2.75, 3.05) is 18.1 Å². The van der Waals surface area contributed by atoms with E-state index in [1.165, 1.54) is 0 Å². The van der Waals surface area contributed by atoms with Gasteiger partial charge < -0.3 is 4.74 Å². The van der Waals surface area contributed by atoms with E-state index in [4.69, 9.17) is 11.2 Å². The van der Waals surface area contributed by atoms with Crippen molar-refractivity contribution in [2.45, 2.75) is 13.3 Å². The molecule has 3 nitrogen and oxygen atoms in total. The van der Waals surface area contributed by atoms with Gasteiger partial charge in [0, 0.05) is 0 Å². The molecule has 1 aromatic carbocycles. The van der Waals surface area contributed by atoms with Crippen LogP contribution < -0.4 is 4.74 Å². The molecule has 0 heterocycles. The Morgan fingerprint density at radius 2 is 2.18 bits per heavy atom. The van der Waals surface area contributed by atoms with E-state index < -0.39 is 9.84 Å². The summed E-state index contributed by atoms with van der Waals surface area (Å²) in [7, 11) is -3.18. The van der Waals surface area contributed by atoms with Crippen molar-refractivity contribution in [3.63, 3.8) is 0 Å². The molecule has 0 amide bonds. The lowest BCUT2D eigenvalue weighted by molar-refractivity contribution is 0.340. The van der Waals surface area contributed by atoms with Crippen molar-refractivity contribution in [1.29, 1.82) is 0 Å². The lowest BCUT2D eigenvalue weighted by Gasteiger charge is -2.07. The van der Waals surface area contributed by atoms with Crippen LogP contribution in [0, 0.1) is 12.3 Å². The molecule has 0 saturated carbocycles. The largest absolute Gasteiger partial charge is 0.493 e. The van der Waals surface area contributed by atoms with Gasteiger partial charge in [-0.15, -0.1) is 6.42 Å². The fourth-order valence-corrected chi connectivity index (χ4v) is 2.08. The van der Waals surface area contributed by atoms with Crippen LogP contribution in [0.25, 0.3) is 0 Å². The number of sulfone groups is 1. The zero-order valence-corrected chi connectivity index (χ0v) is 10.7. The summed E-state index contributed by atoms with van der Waals surface area (Å²) in [5.74, 6) is 2.55. The van der Waals surface area contributed by atoms with Crippen LogP contribution in [-0.4, -0.2) is 26.5 Å². The van der Waals surface area contributed by atoms with E-state index in [0.29, 0.717) is 5.75 Å². The van der Waals surface area contributed by atoms with Gasteiger partial charge in [0.05, 0.1) is 5.75 Å². The van der Waals surface area contributed by atoms with Gasteiger partial charge in [-0.3, -0.25) is 0 Å². The van der Waals surface area contributed by atoms with E-state index in [0.717, 1.165) is 12.0 Å². The first-order valence-electron chi connectivity index (χ1n) is 5.43. The van der Waals surface area contributed by atoms with Gasteiger partial charge in [0.15, 0.2) is 9.84 Å². The highest BCUT2D eigenvalue weighted by molar-refractivity contribution is 7.91. The summed E-state index contributed by atoms with van der Waals surface area (Å²) in [6.45, 7) is 2.19. The number of benzene rings is 1. The van der Waals surface area contributed by atoms with Gasteiger partial charge in [0.2, 0.25) is 0 Å². The minimum atomic E-state index is -3.18. The normalized spacial score (nSPS) is 10.8. The Balaban J connectivity index is 2.49. The number of hydrogen-bond acceptors (Lipinski definition) is 3. The van der Waals surface area contributed by atoms with Gasteiger partial charge in [-0.2, -0.15) is 0 Å². The molecule has 1 rings (SSSR count). The van der Waals surface area contributed by atoms with E-state index >= 15 is 0 Å². The van der Waals surface area contributed by atoms with E-state index in [9.17, 15) is 8.42 Å². The van der Waals surface area contributed by atoms with Gasteiger partial charge in [-0.25, -0.2) is 8.42 Å². The van der Waals surface area contributed by atoms with Crippen LogP contribution in [0.4, 0.5) is 0 Å². The maximum Gasteiger partial charge on any atom is 0.164 e. The zero-order valence-electron chi connectivity index (χ0n) is 9.85. The molecule has 0 aliphatic heterocycles. The quantitative estimate of drug-likeness (QED) is 0.723. The third kappa shape index (κ3) is 4.92. The lowest BCUT2D eigenvalue weighted by Crippen LogP contribution is -2.16. The maximum atomic E-state index is 11.3. The SMILES string of the molecule is C#CCS(=O)(=O)CCOc1cccc(CC)c1. The highest BCUT2D eigenvalue weighted by atomic mass is 32.2. The zero-order chi connectivity index (χ0) is 12.7. The summed E-state index contributed by atoms with van der Waals surface area (Å²) in [4.78, 5) is 0. The number of hydrogen-bond donors (Lipinski definition) is 0. The number of ether oxygens (including phenoxy) is 1. The smallest absolute Gasteiger partial charge is 0.164 e. The average molecular weight is 252 g/mol. The molecule has 0 fully saturated rings. The summed E-state index contributed by atoms with van der Waals surface area (Å²) in [6, 6.07) is 7.62. The Morgan fingerprint density at radius 1 is 1.41 bits per heavy atom. The minimum absolute atomic E-state index is 0.0481. The molecule has 17 heavy (non-hydrogen) atoms. The molecule has 0 aliphatic carbocycles. The predicted octanol–water partition coefficient (Wildman–Crippen LogP) is 1.68. The van der Waals surface area contributed by atoms with Crippen LogP contribution in [-0.2, 0) is 16.3 Å². The highest BCUT2D eigenvalue weighted by Crippen LogP contribution is 2.13. The van der Waals surface area contributed by atoms with Crippen LogP contribution in [0.15, 0.2) is 24.3 Å². The Labute approximate surface area is 103 Å². The van der Waals surface area contributed by atoms with Crippen molar-refractivity contribution in [2.24, 2.45) is 0 Å². The molecule has 0 aliphatic rings.